The van der Waals surface area contributed by atoms with Crippen LogP contribution in [0.5, 0.6) is 0 Å². The van der Waals surface area contributed by atoms with Gasteiger partial charge in [-0.15, -0.1) is 0 Å². The van der Waals surface area contributed by atoms with Crippen LogP contribution in [0.4, 0.5) is 0 Å². The molecule has 0 aromatic heterocycles. The number of hydrogen-bond acceptors (Lipinski definition) is 0. The second kappa shape index (κ2) is 5.35. The molecular weight excluding hydrogens is 254 g/mol. The summed E-state index contributed by atoms with van der Waals surface area (Å²) in [6.45, 7) is 4.43. The highest BCUT2D eigenvalue weighted by Crippen LogP contribution is 2.66. The van der Waals surface area contributed by atoms with Crippen LogP contribution in [-0.4, -0.2) is 12.3 Å². The van der Waals surface area contributed by atoms with Gasteiger partial charge in [-0.1, -0.05) is 67.2 Å². The molecule has 0 aliphatic carbocycles. The number of hydrogen-bond donors (Lipinski definition) is 0. The normalized spacial score (nSPS) is 23.2. The molecule has 0 radical (unpaired) electrons. The lowest BCUT2D eigenvalue weighted by molar-refractivity contribution is 1.54. The van der Waals surface area contributed by atoms with Crippen LogP contribution in [0.2, 0.25) is 0 Å². The van der Waals surface area contributed by atoms with Gasteiger partial charge in [0.25, 0.3) is 0 Å². The molecular formula is C16H16P2. The van der Waals surface area contributed by atoms with Gasteiger partial charge >= 0.3 is 0 Å². The summed E-state index contributed by atoms with van der Waals surface area (Å²) in [6.07, 6.45) is 2.64. The lowest BCUT2D eigenvalue weighted by atomic mass is 10.4. The van der Waals surface area contributed by atoms with Crippen LogP contribution in [0, 0.1) is 0 Å². The lowest BCUT2D eigenvalue weighted by Gasteiger charge is -2.16. The molecule has 1 fully saturated rings. The van der Waals surface area contributed by atoms with Crippen LogP contribution in [0.25, 0.3) is 0 Å². The SMILES string of the molecule is C=C1P(c2ccccc2)CCP1c1ccccc1. The van der Waals surface area contributed by atoms with Crippen molar-refractivity contribution >= 4 is 26.5 Å². The van der Waals surface area contributed by atoms with Crippen molar-refractivity contribution in [2.24, 2.45) is 0 Å². The van der Waals surface area contributed by atoms with E-state index >= 15 is 0 Å². The molecule has 2 aromatic rings. The second-order valence-electron chi connectivity index (χ2n) is 4.39. The van der Waals surface area contributed by atoms with Gasteiger partial charge in [0.1, 0.15) is 0 Å². The summed E-state index contributed by atoms with van der Waals surface area (Å²) in [6, 6.07) is 21.8. The maximum atomic E-state index is 4.43. The van der Waals surface area contributed by atoms with E-state index in [0.717, 1.165) is 0 Å². The fraction of sp³-hybridized carbons (Fsp3) is 0.125. The van der Waals surface area contributed by atoms with Crippen molar-refractivity contribution in [1.82, 2.24) is 0 Å². The van der Waals surface area contributed by atoms with Gasteiger partial charge in [-0.05, 0) is 43.8 Å². The minimum Gasteiger partial charge on any atom is -0.0902 e. The van der Waals surface area contributed by atoms with Gasteiger partial charge in [0, 0.05) is 0 Å². The molecule has 0 bridgehead atoms. The van der Waals surface area contributed by atoms with Crippen LogP contribution < -0.4 is 10.6 Å². The van der Waals surface area contributed by atoms with Gasteiger partial charge in [0.15, 0.2) is 0 Å². The van der Waals surface area contributed by atoms with Gasteiger partial charge in [-0.2, -0.15) is 0 Å². The molecule has 0 amide bonds. The molecule has 2 heteroatoms. The zero-order valence-electron chi connectivity index (χ0n) is 10.3. The molecule has 0 saturated carbocycles. The topological polar surface area (TPSA) is 0 Å². The summed E-state index contributed by atoms with van der Waals surface area (Å²) in [5.41, 5.74) is 0. The Bertz CT molecular complexity index is 484. The molecule has 1 aliphatic rings. The smallest absolute Gasteiger partial charge is 0.0195 e. The summed E-state index contributed by atoms with van der Waals surface area (Å²) < 4.78 is 0. The van der Waals surface area contributed by atoms with Crippen molar-refractivity contribution in [2.75, 3.05) is 12.3 Å². The highest BCUT2D eigenvalue weighted by atomic mass is 31.2. The van der Waals surface area contributed by atoms with Gasteiger partial charge in [-0.3, -0.25) is 0 Å². The van der Waals surface area contributed by atoms with Crippen molar-refractivity contribution in [2.45, 2.75) is 0 Å². The maximum absolute atomic E-state index is 4.43. The summed E-state index contributed by atoms with van der Waals surface area (Å²) in [5, 5.41) is 4.51. The van der Waals surface area contributed by atoms with E-state index < -0.39 is 0 Å². The Morgan fingerprint density at radius 2 is 1.06 bits per heavy atom. The second-order valence-corrected chi connectivity index (χ2v) is 9.46. The zero-order chi connectivity index (χ0) is 12.4. The summed E-state index contributed by atoms with van der Waals surface area (Å²) in [7, 11) is -0.260. The largest absolute Gasteiger partial charge is 0.0902 e. The first kappa shape index (κ1) is 12.1. The fourth-order valence-electron chi connectivity index (χ4n) is 2.38. The Morgan fingerprint density at radius 3 is 1.44 bits per heavy atom. The van der Waals surface area contributed by atoms with E-state index in [-0.39, 0.29) is 15.8 Å². The molecule has 2 unspecified atom stereocenters. The average Bonchev–Trinajstić information content (AvgIpc) is 2.83. The molecule has 1 aliphatic heterocycles. The minimum absolute atomic E-state index is 0.130. The summed E-state index contributed by atoms with van der Waals surface area (Å²) in [5.74, 6) is 0. The molecule has 1 heterocycles. The standard InChI is InChI=1S/C16H16P2/c1-14-17(15-8-4-2-5-9-15)12-13-18(14)16-10-6-3-7-11-16/h2-11H,1,12-13H2. The predicted octanol–water partition coefficient (Wildman–Crippen LogP) is 4.09. The third kappa shape index (κ3) is 2.28. The Kier molecular flexibility index (Phi) is 3.59. The van der Waals surface area contributed by atoms with Crippen molar-refractivity contribution in [3.05, 3.63) is 72.3 Å². The summed E-state index contributed by atoms with van der Waals surface area (Å²) >= 11 is 0. The first-order chi connectivity index (χ1) is 8.86. The lowest BCUT2D eigenvalue weighted by Crippen LogP contribution is -2.00. The van der Waals surface area contributed by atoms with Crippen molar-refractivity contribution in [3.8, 4) is 0 Å². The maximum Gasteiger partial charge on any atom is -0.0195 e. The fourth-order valence-corrected chi connectivity index (χ4v) is 9.13. The van der Waals surface area contributed by atoms with Gasteiger partial charge < -0.3 is 0 Å². The number of benzene rings is 2. The molecule has 0 N–H and O–H groups in total. The monoisotopic (exact) mass is 270 g/mol. The first-order valence-electron chi connectivity index (χ1n) is 6.20. The van der Waals surface area contributed by atoms with Crippen LogP contribution in [0.3, 0.4) is 0 Å². The Hall–Kier alpha value is -0.960. The van der Waals surface area contributed by atoms with E-state index in [4.69, 9.17) is 0 Å². The molecule has 2 atom stereocenters. The van der Waals surface area contributed by atoms with Gasteiger partial charge in [0.05, 0.1) is 0 Å². The first-order valence-corrected chi connectivity index (χ1v) is 9.26. The highest BCUT2D eigenvalue weighted by molar-refractivity contribution is 7.91. The van der Waals surface area contributed by atoms with E-state index in [9.17, 15) is 0 Å². The van der Waals surface area contributed by atoms with E-state index in [0.29, 0.717) is 0 Å². The molecule has 1 saturated heterocycles. The molecule has 18 heavy (non-hydrogen) atoms. The van der Waals surface area contributed by atoms with Gasteiger partial charge in [0.2, 0.25) is 0 Å². The van der Waals surface area contributed by atoms with Crippen molar-refractivity contribution < 1.29 is 0 Å². The minimum atomic E-state index is -0.130. The highest BCUT2D eigenvalue weighted by Gasteiger charge is 2.30. The Morgan fingerprint density at radius 1 is 0.667 bits per heavy atom. The third-order valence-corrected chi connectivity index (χ3v) is 9.54. The Labute approximate surface area is 111 Å². The summed E-state index contributed by atoms with van der Waals surface area (Å²) in [4.78, 5) is 0. The van der Waals surface area contributed by atoms with E-state index in [1.807, 2.05) is 0 Å². The van der Waals surface area contributed by atoms with Gasteiger partial charge in [-0.25, -0.2) is 0 Å². The van der Waals surface area contributed by atoms with Crippen LogP contribution in [0.1, 0.15) is 0 Å². The quantitative estimate of drug-likeness (QED) is 0.721. The van der Waals surface area contributed by atoms with E-state index in [1.54, 1.807) is 0 Å². The zero-order valence-corrected chi connectivity index (χ0v) is 12.1. The van der Waals surface area contributed by atoms with Crippen LogP contribution in [0.15, 0.2) is 72.3 Å². The molecule has 3 rings (SSSR count). The van der Waals surface area contributed by atoms with Crippen LogP contribution >= 0.6 is 15.8 Å². The molecule has 90 valence electrons. The average molecular weight is 270 g/mol. The van der Waals surface area contributed by atoms with E-state index in [2.05, 4.69) is 67.2 Å². The van der Waals surface area contributed by atoms with E-state index in [1.165, 1.54) is 28.0 Å². The molecule has 0 spiro atoms. The number of rotatable bonds is 2. The van der Waals surface area contributed by atoms with Crippen molar-refractivity contribution in [1.29, 1.82) is 0 Å². The molecule has 2 aromatic carbocycles. The van der Waals surface area contributed by atoms with Crippen LogP contribution in [-0.2, 0) is 0 Å². The Balaban J connectivity index is 1.86. The third-order valence-electron chi connectivity index (χ3n) is 3.31. The molecule has 0 nitrogen and oxygen atoms in total. The van der Waals surface area contributed by atoms with Crippen molar-refractivity contribution in [3.63, 3.8) is 0 Å². The predicted molar refractivity (Wildman–Crippen MR) is 84.9 cm³/mol.